The Morgan fingerprint density at radius 3 is 1.63 bits per heavy atom. The van der Waals surface area contributed by atoms with E-state index >= 15 is 0 Å². The minimum Gasteiger partial charge on any atom is -0.497 e. The SMILES string of the molecule is COc1ccc(-c2ccc(-c3ccc([N+](=O)[O-])cc3)c3ccccc23)cc1. The summed E-state index contributed by atoms with van der Waals surface area (Å²) in [6, 6.07) is 27.1. The van der Waals surface area contributed by atoms with Gasteiger partial charge in [0.2, 0.25) is 0 Å². The average molecular weight is 355 g/mol. The van der Waals surface area contributed by atoms with E-state index < -0.39 is 0 Å². The van der Waals surface area contributed by atoms with Crippen molar-refractivity contribution in [2.24, 2.45) is 0 Å². The van der Waals surface area contributed by atoms with Gasteiger partial charge in [0.05, 0.1) is 12.0 Å². The summed E-state index contributed by atoms with van der Waals surface area (Å²) in [7, 11) is 1.66. The molecule has 0 aliphatic rings. The van der Waals surface area contributed by atoms with Crippen LogP contribution in [0, 0.1) is 10.1 Å². The number of ether oxygens (including phenoxy) is 1. The van der Waals surface area contributed by atoms with Crippen molar-refractivity contribution in [3.8, 4) is 28.0 Å². The van der Waals surface area contributed by atoms with Gasteiger partial charge in [-0.1, -0.05) is 48.5 Å². The Bertz CT molecular complexity index is 1120. The lowest BCUT2D eigenvalue weighted by atomic mass is 9.92. The van der Waals surface area contributed by atoms with E-state index in [-0.39, 0.29) is 10.6 Å². The first-order chi connectivity index (χ1) is 13.2. The Kier molecular flexibility index (Phi) is 4.30. The van der Waals surface area contributed by atoms with Crippen LogP contribution in [0.4, 0.5) is 5.69 Å². The van der Waals surface area contributed by atoms with Gasteiger partial charge in [0.25, 0.3) is 5.69 Å². The summed E-state index contributed by atoms with van der Waals surface area (Å²) in [6.07, 6.45) is 0. The van der Waals surface area contributed by atoms with Crippen LogP contribution in [0.5, 0.6) is 5.75 Å². The molecule has 4 aromatic rings. The van der Waals surface area contributed by atoms with E-state index in [1.807, 2.05) is 36.4 Å². The van der Waals surface area contributed by atoms with E-state index in [1.165, 1.54) is 0 Å². The molecule has 0 bridgehead atoms. The molecular weight excluding hydrogens is 338 g/mol. The number of hydrogen-bond donors (Lipinski definition) is 0. The smallest absolute Gasteiger partial charge is 0.269 e. The third-order valence-corrected chi connectivity index (χ3v) is 4.71. The van der Waals surface area contributed by atoms with E-state index in [0.717, 1.165) is 38.8 Å². The van der Waals surface area contributed by atoms with Gasteiger partial charge >= 0.3 is 0 Å². The van der Waals surface area contributed by atoms with Gasteiger partial charge in [-0.15, -0.1) is 0 Å². The number of benzene rings is 4. The third-order valence-electron chi connectivity index (χ3n) is 4.71. The third kappa shape index (κ3) is 3.13. The number of rotatable bonds is 4. The highest BCUT2D eigenvalue weighted by atomic mass is 16.6. The first-order valence-corrected chi connectivity index (χ1v) is 8.58. The zero-order valence-corrected chi connectivity index (χ0v) is 14.8. The molecule has 4 nitrogen and oxygen atoms in total. The lowest BCUT2D eigenvalue weighted by Crippen LogP contribution is -1.89. The van der Waals surface area contributed by atoms with E-state index in [1.54, 1.807) is 31.4 Å². The van der Waals surface area contributed by atoms with E-state index in [9.17, 15) is 10.1 Å². The second-order valence-electron chi connectivity index (χ2n) is 6.24. The number of hydrogen-bond acceptors (Lipinski definition) is 3. The first kappa shape index (κ1) is 16.8. The molecule has 4 heteroatoms. The van der Waals surface area contributed by atoms with Gasteiger partial charge in [-0.2, -0.15) is 0 Å². The highest BCUT2D eigenvalue weighted by molar-refractivity contribution is 6.04. The van der Waals surface area contributed by atoms with Gasteiger partial charge in [-0.05, 0) is 57.3 Å². The van der Waals surface area contributed by atoms with Crippen LogP contribution < -0.4 is 4.74 Å². The summed E-state index contributed by atoms with van der Waals surface area (Å²) in [4.78, 5) is 10.5. The molecule has 0 aliphatic heterocycles. The number of fused-ring (bicyclic) bond motifs is 1. The van der Waals surface area contributed by atoms with Crippen molar-refractivity contribution in [2.75, 3.05) is 7.11 Å². The Labute approximate surface area is 156 Å². The zero-order chi connectivity index (χ0) is 18.8. The van der Waals surface area contributed by atoms with Crippen LogP contribution in [-0.2, 0) is 0 Å². The minimum absolute atomic E-state index is 0.0953. The number of non-ortho nitro benzene ring substituents is 1. The summed E-state index contributed by atoms with van der Waals surface area (Å²) < 4.78 is 5.25. The Morgan fingerprint density at radius 2 is 1.19 bits per heavy atom. The molecule has 0 unspecified atom stereocenters. The van der Waals surface area contributed by atoms with Gasteiger partial charge in [-0.3, -0.25) is 10.1 Å². The van der Waals surface area contributed by atoms with Crippen molar-refractivity contribution in [1.82, 2.24) is 0 Å². The Hall–Kier alpha value is -3.66. The largest absolute Gasteiger partial charge is 0.497 e. The fourth-order valence-electron chi connectivity index (χ4n) is 3.34. The normalized spacial score (nSPS) is 10.7. The van der Waals surface area contributed by atoms with E-state index in [2.05, 4.69) is 24.3 Å². The number of nitrogens with zero attached hydrogens (tertiary/aromatic N) is 1. The fourth-order valence-corrected chi connectivity index (χ4v) is 3.34. The maximum absolute atomic E-state index is 10.9. The Morgan fingerprint density at radius 1 is 0.704 bits per heavy atom. The van der Waals surface area contributed by atoms with Crippen LogP contribution >= 0.6 is 0 Å². The Balaban J connectivity index is 1.86. The maximum Gasteiger partial charge on any atom is 0.269 e. The van der Waals surface area contributed by atoms with Crippen molar-refractivity contribution in [3.63, 3.8) is 0 Å². The molecule has 27 heavy (non-hydrogen) atoms. The highest BCUT2D eigenvalue weighted by Gasteiger charge is 2.11. The zero-order valence-electron chi connectivity index (χ0n) is 14.8. The van der Waals surface area contributed by atoms with Gasteiger partial charge in [-0.25, -0.2) is 0 Å². The molecular formula is C23H17NO3. The lowest BCUT2D eigenvalue weighted by Gasteiger charge is -2.12. The topological polar surface area (TPSA) is 52.4 Å². The number of nitro benzene ring substituents is 1. The van der Waals surface area contributed by atoms with Crippen LogP contribution in [0.3, 0.4) is 0 Å². The molecule has 0 radical (unpaired) electrons. The lowest BCUT2D eigenvalue weighted by molar-refractivity contribution is -0.384. The quantitative estimate of drug-likeness (QED) is 0.329. The van der Waals surface area contributed by atoms with Gasteiger partial charge in [0, 0.05) is 12.1 Å². The molecule has 0 saturated heterocycles. The maximum atomic E-state index is 10.9. The van der Waals surface area contributed by atoms with Crippen LogP contribution in [0.1, 0.15) is 0 Å². The summed E-state index contributed by atoms with van der Waals surface area (Å²) >= 11 is 0. The molecule has 0 N–H and O–H groups in total. The molecule has 4 aromatic carbocycles. The van der Waals surface area contributed by atoms with Crippen molar-refractivity contribution >= 4 is 16.5 Å². The second-order valence-corrected chi connectivity index (χ2v) is 6.24. The summed E-state index contributed by atoms with van der Waals surface area (Å²) in [5.41, 5.74) is 4.36. The standard InChI is InChI=1S/C23H17NO3/c1-27-19-12-8-17(9-13-19)21-15-14-20(22-4-2-3-5-23(21)22)16-6-10-18(11-7-16)24(25)26/h2-15H,1H3. The molecule has 0 fully saturated rings. The van der Waals surface area contributed by atoms with E-state index in [4.69, 9.17) is 4.74 Å². The number of nitro groups is 1. The molecule has 4 rings (SSSR count). The average Bonchev–Trinajstić information content (AvgIpc) is 2.73. The van der Waals surface area contributed by atoms with Crippen molar-refractivity contribution in [1.29, 1.82) is 0 Å². The van der Waals surface area contributed by atoms with Crippen molar-refractivity contribution in [3.05, 3.63) is 95.0 Å². The monoisotopic (exact) mass is 355 g/mol. The first-order valence-electron chi connectivity index (χ1n) is 8.58. The minimum atomic E-state index is -0.380. The van der Waals surface area contributed by atoms with Crippen LogP contribution in [0.2, 0.25) is 0 Å². The van der Waals surface area contributed by atoms with Crippen LogP contribution in [0.15, 0.2) is 84.9 Å². The van der Waals surface area contributed by atoms with E-state index in [0.29, 0.717) is 0 Å². The highest BCUT2D eigenvalue weighted by Crippen LogP contribution is 2.36. The summed E-state index contributed by atoms with van der Waals surface area (Å²) in [5.74, 6) is 0.825. The molecule has 0 atom stereocenters. The molecule has 0 aliphatic carbocycles. The molecule has 0 heterocycles. The van der Waals surface area contributed by atoms with Gasteiger partial charge < -0.3 is 4.74 Å². The molecule has 0 saturated carbocycles. The predicted molar refractivity (Wildman–Crippen MR) is 108 cm³/mol. The van der Waals surface area contributed by atoms with Crippen LogP contribution in [0.25, 0.3) is 33.0 Å². The van der Waals surface area contributed by atoms with Crippen molar-refractivity contribution < 1.29 is 9.66 Å². The van der Waals surface area contributed by atoms with Gasteiger partial charge in [0.1, 0.15) is 5.75 Å². The summed E-state index contributed by atoms with van der Waals surface area (Å²) in [6.45, 7) is 0. The van der Waals surface area contributed by atoms with Crippen LogP contribution in [-0.4, -0.2) is 12.0 Å². The number of methoxy groups -OCH3 is 1. The predicted octanol–water partition coefficient (Wildman–Crippen LogP) is 6.09. The summed E-state index contributed by atoms with van der Waals surface area (Å²) in [5, 5.41) is 13.2. The molecule has 132 valence electrons. The molecule has 0 aromatic heterocycles. The molecule has 0 spiro atoms. The second kappa shape index (κ2) is 6.92. The van der Waals surface area contributed by atoms with Crippen molar-refractivity contribution in [2.45, 2.75) is 0 Å². The fraction of sp³-hybridized carbons (Fsp3) is 0.0435. The molecule has 0 amide bonds. The van der Waals surface area contributed by atoms with Gasteiger partial charge in [0.15, 0.2) is 0 Å².